The summed E-state index contributed by atoms with van der Waals surface area (Å²) in [5.74, 6) is 1.49. The molecule has 0 unspecified atom stereocenters. The number of rotatable bonds is 4. The Kier molecular flexibility index (Phi) is 4.30. The number of carbonyl (C=O) groups is 1. The second-order valence-electron chi connectivity index (χ2n) is 5.82. The maximum Gasteiger partial charge on any atom is 0.254 e. The summed E-state index contributed by atoms with van der Waals surface area (Å²) in [6.45, 7) is 4.01. The topological polar surface area (TPSA) is 63.1 Å². The van der Waals surface area contributed by atoms with Crippen molar-refractivity contribution in [1.82, 2.24) is 25.0 Å². The third-order valence-corrected chi connectivity index (χ3v) is 5.85. The van der Waals surface area contributed by atoms with Crippen molar-refractivity contribution in [3.63, 3.8) is 0 Å². The van der Waals surface area contributed by atoms with E-state index >= 15 is 0 Å². The molecular formula is C17H17N5OS2. The predicted octanol–water partition coefficient (Wildman–Crippen LogP) is 2.79. The summed E-state index contributed by atoms with van der Waals surface area (Å²) in [4.78, 5) is 13.8. The number of benzene rings is 1. The minimum absolute atomic E-state index is 0.0109. The van der Waals surface area contributed by atoms with Crippen LogP contribution in [0.25, 0.3) is 5.69 Å². The Morgan fingerprint density at radius 2 is 2.04 bits per heavy atom. The molecule has 0 spiro atoms. The summed E-state index contributed by atoms with van der Waals surface area (Å²) in [5.41, 5.74) is 3.12. The number of carbonyl (C=O) groups excluding carboxylic acids is 1. The minimum Gasteiger partial charge on any atom is -0.359 e. The van der Waals surface area contributed by atoms with E-state index in [1.165, 1.54) is 5.56 Å². The number of thioether (sulfide) groups is 2. The van der Waals surface area contributed by atoms with Gasteiger partial charge in [0.2, 0.25) is 0 Å². The molecule has 0 fully saturated rings. The van der Waals surface area contributed by atoms with E-state index in [1.54, 1.807) is 34.5 Å². The SMILES string of the molecule is Cc1ccc(-n2c(C)nnc2SCC2=CC(=O)N3C=CS[C@@H]3N2)cc1. The second kappa shape index (κ2) is 6.61. The molecule has 3 heterocycles. The van der Waals surface area contributed by atoms with E-state index in [0.717, 1.165) is 22.4 Å². The van der Waals surface area contributed by atoms with Gasteiger partial charge in [0, 0.05) is 29.4 Å². The zero-order chi connectivity index (χ0) is 17.4. The van der Waals surface area contributed by atoms with Crippen LogP contribution in [0.3, 0.4) is 0 Å². The summed E-state index contributed by atoms with van der Waals surface area (Å²) in [6, 6.07) is 8.28. The molecule has 1 aromatic heterocycles. The first kappa shape index (κ1) is 16.3. The molecule has 2 aliphatic heterocycles. The highest BCUT2D eigenvalue weighted by Gasteiger charge is 2.29. The average Bonchev–Trinajstić information content (AvgIpc) is 3.21. The van der Waals surface area contributed by atoms with Gasteiger partial charge in [0.15, 0.2) is 10.7 Å². The Morgan fingerprint density at radius 1 is 1.24 bits per heavy atom. The molecule has 4 rings (SSSR count). The van der Waals surface area contributed by atoms with Gasteiger partial charge in [-0.25, -0.2) is 0 Å². The lowest BCUT2D eigenvalue weighted by Gasteiger charge is -2.29. The quantitative estimate of drug-likeness (QED) is 0.834. The molecular weight excluding hydrogens is 354 g/mol. The van der Waals surface area contributed by atoms with Crippen molar-refractivity contribution in [3.8, 4) is 5.69 Å². The van der Waals surface area contributed by atoms with E-state index in [0.29, 0.717) is 5.75 Å². The van der Waals surface area contributed by atoms with Crippen LogP contribution in [-0.4, -0.2) is 36.8 Å². The zero-order valence-corrected chi connectivity index (χ0v) is 15.5. The Hall–Kier alpha value is -2.19. The molecule has 1 N–H and O–H groups in total. The summed E-state index contributed by atoms with van der Waals surface area (Å²) >= 11 is 3.16. The van der Waals surface area contributed by atoms with Gasteiger partial charge in [-0.3, -0.25) is 14.3 Å². The highest BCUT2D eigenvalue weighted by molar-refractivity contribution is 8.02. The van der Waals surface area contributed by atoms with Crippen molar-refractivity contribution in [1.29, 1.82) is 0 Å². The third kappa shape index (κ3) is 3.19. The van der Waals surface area contributed by atoms with E-state index in [-0.39, 0.29) is 11.4 Å². The van der Waals surface area contributed by atoms with Gasteiger partial charge in [0.1, 0.15) is 5.82 Å². The highest BCUT2D eigenvalue weighted by atomic mass is 32.2. The van der Waals surface area contributed by atoms with Gasteiger partial charge in [0.25, 0.3) is 5.91 Å². The van der Waals surface area contributed by atoms with Crippen molar-refractivity contribution in [2.75, 3.05) is 5.75 Å². The fourth-order valence-electron chi connectivity index (χ4n) is 2.69. The second-order valence-corrected chi connectivity index (χ2v) is 7.76. The fourth-order valence-corrected chi connectivity index (χ4v) is 4.48. The Labute approximate surface area is 154 Å². The number of amides is 1. The molecule has 128 valence electrons. The van der Waals surface area contributed by atoms with Crippen LogP contribution in [0.5, 0.6) is 0 Å². The molecule has 2 aromatic rings. The fraction of sp³-hybridized carbons (Fsp3) is 0.235. The number of nitrogens with one attached hydrogen (secondary N) is 1. The van der Waals surface area contributed by atoms with Gasteiger partial charge in [-0.15, -0.1) is 10.2 Å². The number of fused-ring (bicyclic) bond motifs is 1. The number of aryl methyl sites for hydroxylation is 2. The molecule has 0 bridgehead atoms. The Bertz CT molecular complexity index is 872. The maximum absolute atomic E-state index is 12.1. The van der Waals surface area contributed by atoms with Crippen LogP contribution in [0.15, 0.2) is 52.8 Å². The van der Waals surface area contributed by atoms with E-state index < -0.39 is 0 Å². The Morgan fingerprint density at radius 3 is 2.84 bits per heavy atom. The van der Waals surface area contributed by atoms with Crippen LogP contribution in [0.2, 0.25) is 0 Å². The first-order valence-electron chi connectivity index (χ1n) is 7.85. The largest absolute Gasteiger partial charge is 0.359 e. The zero-order valence-electron chi connectivity index (χ0n) is 13.8. The van der Waals surface area contributed by atoms with Crippen LogP contribution in [0.1, 0.15) is 11.4 Å². The predicted molar refractivity (Wildman–Crippen MR) is 100 cm³/mol. The number of hydrogen-bond acceptors (Lipinski definition) is 6. The van der Waals surface area contributed by atoms with Crippen LogP contribution >= 0.6 is 23.5 Å². The molecule has 6 nitrogen and oxygen atoms in total. The van der Waals surface area contributed by atoms with Crippen LogP contribution in [0, 0.1) is 13.8 Å². The van der Waals surface area contributed by atoms with E-state index in [4.69, 9.17) is 0 Å². The number of aromatic nitrogens is 3. The molecule has 0 aliphatic carbocycles. The molecule has 8 heteroatoms. The van der Waals surface area contributed by atoms with Gasteiger partial charge in [0.05, 0.1) is 0 Å². The average molecular weight is 371 g/mol. The highest BCUT2D eigenvalue weighted by Crippen LogP contribution is 2.29. The molecule has 1 aromatic carbocycles. The van der Waals surface area contributed by atoms with Gasteiger partial charge in [-0.1, -0.05) is 41.2 Å². The van der Waals surface area contributed by atoms with Gasteiger partial charge < -0.3 is 5.32 Å². The van der Waals surface area contributed by atoms with Crippen molar-refractivity contribution >= 4 is 29.4 Å². The van der Waals surface area contributed by atoms with Gasteiger partial charge in [-0.2, -0.15) is 0 Å². The maximum atomic E-state index is 12.1. The van der Waals surface area contributed by atoms with Gasteiger partial charge in [-0.05, 0) is 31.4 Å². The van der Waals surface area contributed by atoms with Gasteiger partial charge >= 0.3 is 0 Å². The summed E-state index contributed by atoms with van der Waals surface area (Å²) < 4.78 is 2.04. The number of hydrogen-bond donors (Lipinski definition) is 1. The van der Waals surface area contributed by atoms with Crippen molar-refractivity contribution in [2.45, 2.75) is 24.5 Å². The molecule has 0 saturated carbocycles. The van der Waals surface area contributed by atoms with Crippen LogP contribution in [-0.2, 0) is 4.79 Å². The van der Waals surface area contributed by atoms with Crippen molar-refractivity contribution in [2.24, 2.45) is 0 Å². The summed E-state index contributed by atoms with van der Waals surface area (Å²) in [7, 11) is 0. The van der Waals surface area contributed by atoms with E-state index in [2.05, 4.69) is 46.7 Å². The first-order valence-corrected chi connectivity index (χ1v) is 9.78. The van der Waals surface area contributed by atoms with E-state index in [9.17, 15) is 4.79 Å². The lowest BCUT2D eigenvalue weighted by Crippen LogP contribution is -2.45. The number of nitrogens with zero attached hydrogens (tertiary/aromatic N) is 4. The molecule has 2 aliphatic rings. The van der Waals surface area contributed by atoms with E-state index in [1.807, 2.05) is 23.1 Å². The molecule has 25 heavy (non-hydrogen) atoms. The summed E-state index contributed by atoms with van der Waals surface area (Å²) in [6.07, 6.45) is 3.46. The summed E-state index contributed by atoms with van der Waals surface area (Å²) in [5, 5.41) is 14.6. The van der Waals surface area contributed by atoms with Crippen LogP contribution in [0.4, 0.5) is 0 Å². The van der Waals surface area contributed by atoms with Crippen molar-refractivity contribution < 1.29 is 4.79 Å². The van der Waals surface area contributed by atoms with Crippen LogP contribution < -0.4 is 5.32 Å². The smallest absolute Gasteiger partial charge is 0.254 e. The lowest BCUT2D eigenvalue weighted by atomic mass is 10.2. The monoisotopic (exact) mass is 371 g/mol. The van der Waals surface area contributed by atoms with Crippen molar-refractivity contribution in [3.05, 3.63) is 59.0 Å². The Balaban J connectivity index is 1.52. The molecule has 1 atom stereocenters. The first-order chi connectivity index (χ1) is 12.1. The third-order valence-electron chi connectivity index (χ3n) is 3.99. The minimum atomic E-state index is -0.0372. The molecule has 0 saturated heterocycles. The lowest BCUT2D eigenvalue weighted by molar-refractivity contribution is -0.124. The standard InChI is InChI=1S/C17H17N5OS2/c1-11-3-5-14(6-4-11)22-12(2)19-20-17(22)25-10-13-9-15(23)21-7-8-24-16(21)18-13/h3-9,16,18H,10H2,1-2H3/t16-/m1/s1. The molecule has 1 amide bonds. The molecule has 0 radical (unpaired) electrons. The normalized spacial score (nSPS) is 19.0.